The minimum Gasteiger partial charge on any atom is -0.507 e. The number of carbonyl (C=O) groups excluding carboxylic acids is 3. The van der Waals surface area contributed by atoms with E-state index in [1.54, 1.807) is 51.6 Å². The molecule has 0 spiro atoms. The van der Waals surface area contributed by atoms with Gasteiger partial charge >= 0.3 is 18.3 Å². The average Bonchev–Trinajstić information content (AvgIpc) is 3.20. The molecule has 3 aromatic rings. The summed E-state index contributed by atoms with van der Waals surface area (Å²) in [6, 6.07) is 16.8. The third-order valence-corrected chi connectivity index (χ3v) is 6.35. The highest BCUT2D eigenvalue weighted by molar-refractivity contribution is 7.80. The molecule has 10 N–H and O–H groups in total. The summed E-state index contributed by atoms with van der Waals surface area (Å²) in [5.41, 5.74) is 19.6. The number of nitrogens with zero attached hydrogens (tertiary/aromatic N) is 5. The van der Waals surface area contributed by atoms with E-state index in [-0.39, 0.29) is 23.2 Å². The number of methoxy groups -OCH3 is 3. The number of rotatable bonds is 12. The van der Waals surface area contributed by atoms with Gasteiger partial charge in [0.05, 0.1) is 59.0 Å². The van der Waals surface area contributed by atoms with E-state index in [0.717, 1.165) is 11.3 Å². The number of hydrazone groups is 5. The molecule has 0 aliphatic heterocycles. The van der Waals surface area contributed by atoms with Gasteiger partial charge in [-0.3, -0.25) is 10.9 Å². The number of ether oxygens (including phenoxy) is 4. The summed E-state index contributed by atoms with van der Waals surface area (Å²) in [6.45, 7) is 1.89. The summed E-state index contributed by atoms with van der Waals surface area (Å²) in [5, 5.41) is 41.2. The summed E-state index contributed by atoms with van der Waals surface area (Å²) in [6.07, 6.45) is 4.94. The monoisotopic (exact) mass is 826 g/mol. The largest absolute Gasteiger partial charge is 0.507 e. The topological polar surface area (TPSA) is 289 Å². The quantitative estimate of drug-likeness (QED) is 0.0549. The van der Waals surface area contributed by atoms with Gasteiger partial charge in [0.25, 0.3) is 0 Å². The first-order valence-corrected chi connectivity index (χ1v) is 16.8. The number of hydrogen-bond donors (Lipinski definition) is 9. The normalized spacial score (nSPS) is 10.5. The van der Waals surface area contributed by atoms with Gasteiger partial charge < -0.3 is 40.2 Å². The fourth-order valence-electron chi connectivity index (χ4n) is 3.40. The van der Waals surface area contributed by atoms with Crippen molar-refractivity contribution in [2.45, 2.75) is 6.92 Å². The van der Waals surface area contributed by atoms with Gasteiger partial charge in [-0.05, 0) is 91.0 Å². The number of phenolic OH excluding ortho intramolecular Hbond substituents is 2. The Bertz CT molecular complexity index is 1940. The molecule has 0 saturated heterocycles. The molecule has 304 valence electrons. The second-order valence-electron chi connectivity index (χ2n) is 9.88. The van der Waals surface area contributed by atoms with Gasteiger partial charge in [-0.2, -0.15) is 25.5 Å². The van der Waals surface area contributed by atoms with E-state index in [9.17, 15) is 24.6 Å². The Morgan fingerprint density at radius 1 is 0.667 bits per heavy atom. The van der Waals surface area contributed by atoms with Gasteiger partial charge in [0, 0.05) is 23.7 Å². The number of benzene rings is 3. The van der Waals surface area contributed by atoms with Crippen LogP contribution in [0.15, 0.2) is 86.2 Å². The zero-order chi connectivity index (χ0) is 42.4. The first-order chi connectivity index (χ1) is 27.4. The van der Waals surface area contributed by atoms with Crippen molar-refractivity contribution in [3.63, 3.8) is 0 Å². The van der Waals surface area contributed by atoms with Crippen LogP contribution >= 0.6 is 24.4 Å². The van der Waals surface area contributed by atoms with Gasteiger partial charge in [-0.1, -0.05) is 12.1 Å². The first-order valence-electron chi connectivity index (χ1n) is 15.9. The van der Waals surface area contributed by atoms with E-state index in [1.807, 2.05) is 24.3 Å². The standard InChI is InChI=1S/C13H16N4O5.C12H15N5O3S.C9H11N3OS/c1-3-22-13(20)17-15-8-10-6-9(4-5-11(10)18)7-14-16-12(19)21-2;1-13-11(21)16-15-7-9-5-8(3-4-10(9)18)6-14-17-12(19)20-2;1-13-8-5-3-2-4-7(8)6-11-12-9(10)14/h4-8,18H,3H2,1-2H3,(H,16,19)(H,17,20);3-7,18H,1-2H3,(H,17,19)(H2,13,16,21);2-6H,1H3,(H3,10,12,14)/b14-7+,15-8+;14-6+,15-7+;11-6+. The minimum atomic E-state index is -0.699. The Morgan fingerprint density at radius 3 is 1.60 bits per heavy atom. The number of aromatic hydroxyl groups is 2. The maximum atomic E-state index is 11.0. The molecule has 0 aliphatic rings. The Hall–Kier alpha value is -7.40. The number of nitrogens with one attached hydrogen (secondary N) is 6. The van der Waals surface area contributed by atoms with E-state index in [0.29, 0.717) is 27.4 Å². The van der Waals surface area contributed by atoms with Crippen molar-refractivity contribution < 1.29 is 43.5 Å². The van der Waals surface area contributed by atoms with Gasteiger partial charge in [0.15, 0.2) is 10.2 Å². The third kappa shape index (κ3) is 21.2. The molecule has 3 amide bonds. The average molecular weight is 827 g/mol. The molecule has 57 heavy (non-hydrogen) atoms. The van der Waals surface area contributed by atoms with Gasteiger partial charge in [0.2, 0.25) is 0 Å². The third-order valence-electron chi connectivity index (χ3n) is 5.96. The molecule has 0 fully saturated rings. The van der Waals surface area contributed by atoms with Crippen LogP contribution in [0.4, 0.5) is 14.4 Å². The Kier molecular flexibility index (Phi) is 23.5. The van der Waals surface area contributed by atoms with Gasteiger partial charge in [-0.25, -0.2) is 30.7 Å². The molecular weight excluding hydrogens is 785 g/mol. The van der Waals surface area contributed by atoms with E-state index in [1.165, 1.54) is 51.2 Å². The van der Waals surface area contributed by atoms with Crippen molar-refractivity contribution in [2.24, 2.45) is 31.2 Å². The zero-order valence-corrected chi connectivity index (χ0v) is 32.9. The van der Waals surface area contributed by atoms with Crippen LogP contribution in [0.1, 0.15) is 34.7 Å². The lowest BCUT2D eigenvalue weighted by Gasteiger charge is -2.02. The lowest BCUT2D eigenvalue weighted by molar-refractivity contribution is 0.152. The van der Waals surface area contributed by atoms with E-state index in [4.69, 9.17) is 22.7 Å². The zero-order valence-electron chi connectivity index (χ0n) is 31.2. The molecule has 23 heteroatoms. The number of para-hydroxylation sites is 1. The Balaban J connectivity index is 0.000000438. The number of amides is 3. The number of hydrogen-bond acceptors (Lipinski definition) is 16. The van der Waals surface area contributed by atoms with Crippen LogP contribution in [-0.4, -0.2) is 105 Å². The van der Waals surface area contributed by atoms with Crippen LogP contribution < -0.4 is 42.9 Å². The number of nitrogens with two attached hydrogens (primary N) is 1. The second kappa shape index (κ2) is 28.1. The second-order valence-corrected chi connectivity index (χ2v) is 10.7. The highest BCUT2D eigenvalue weighted by Gasteiger charge is 2.03. The Labute approximate surface area is 338 Å². The summed E-state index contributed by atoms with van der Waals surface area (Å²) in [4.78, 5) is 32.7. The molecule has 21 nitrogen and oxygen atoms in total. The molecule has 0 unspecified atom stereocenters. The molecule has 0 heterocycles. The number of phenols is 2. The van der Waals surface area contributed by atoms with E-state index in [2.05, 4.69) is 84.4 Å². The van der Waals surface area contributed by atoms with Crippen molar-refractivity contribution in [3.05, 3.63) is 88.5 Å². The molecule has 0 atom stereocenters. The van der Waals surface area contributed by atoms with Crippen molar-refractivity contribution in [1.82, 2.24) is 32.4 Å². The van der Waals surface area contributed by atoms with E-state index < -0.39 is 18.3 Å². The molecule has 0 aromatic heterocycles. The van der Waals surface area contributed by atoms with Crippen molar-refractivity contribution in [1.29, 1.82) is 0 Å². The molecule has 0 radical (unpaired) electrons. The van der Waals surface area contributed by atoms with Crippen LogP contribution in [0.25, 0.3) is 0 Å². The van der Waals surface area contributed by atoms with Crippen molar-refractivity contribution in [2.75, 3.05) is 35.0 Å². The molecule has 0 saturated carbocycles. The molecule has 0 aliphatic carbocycles. The molecule has 0 bridgehead atoms. The smallest absolute Gasteiger partial charge is 0.427 e. The Morgan fingerprint density at radius 2 is 1.12 bits per heavy atom. The van der Waals surface area contributed by atoms with Crippen LogP contribution in [-0.2, 0) is 14.2 Å². The summed E-state index contributed by atoms with van der Waals surface area (Å²) < 4.78 is 18.5. The molecule has 3 rings (SSSR count). The summed E-state index contributed by atoms with van der Waals surface area (Å²) in [7, 11) is 5.72. The van der Waals surface area contributed by atoms with Crippen LogP contribution in [0.5, 0.6) is 17.2 Å². The van der Waals surface area contributed by atoms with Crippen LogP contribution in [0, 0.1) is 0 Å². The number of thiocarbonyl (C=S) groups is 2. The predicted molar refractivity (Wildman–Crippen MR) is 223 cm³/mol. The SMILES string of the molecule is CCOC(=O)N/N=C/c1cc(/C=N/NC(=O)OC)ccc1O.CNC(=S)N/N=C/c1cc(/C=N/NC(=O)OC)ccc1O.COc1ccccc1/C=N/NC(N)=S. The van der Waals surface area contributed by atoms with Gasteiger partial charge in [0.1, 0.15) is 17.2 Å². The van der Waals surface area contributed by atoms with Gasteiger partial charge in [-0.15, -0.1) is 0 Å². The minimum absolute atomic E-state index is 0.0347. The highest BCUT2D eigenvalue weighted by atomic mass is 32.1. The van der Waals surface area contributed by atoms with Crippen LogP contribution in [0.2, 0.25) is 0 Å². The maximum absolute atomic E-state index is 11.0. The predicted octanol–water partition coefficient (Wildman–Crippen LogP) is 2.53. The van der Waals surface area contributed by atoms with Crippen molar-refractivity contribution >= 4 is 84.0 Å². The fourth-order valence-corrected chi connectivity index (χ4v) is 3.50. The highest BCUT2D eigenvalue weighted by Crippen LogP contribution is 2.17. The lowest BCUT2D eigenvalue weighted by Crippen LogP contribution is -2.28. The summed E-state index contributed by atoms with van der Waals surface area (Å²) in [5.74, 6) is 0.766. The van der Waals surface area contributed by atoms with E-state index >= 15 is 0 Å². The summed E-state index contributed by atoms with van der Waals surface area (Å²) >= 11 is 9.44. The van der Waals surface area contributed by atoms with Crippen molar-refractivity contribution in [3.8, 4) is 17.2 Å². The van der Waals surface area contributed by atoms with Crippen LogP contribution in [0.3, 0.4) is 0 Å². The lowest BCUT2D eigenvalue weighted by atomic mass is 10.1. The fraction of sp³-hybridized carbons (Fsp3) is 0.176. The molecular formula is C34H42N12O9S2. The maximum Gasteiger partial charge on any atom is 0.427 e. The first kappa shape index (κ1) is 47.6. The number of carbonyl (C=O) groups is 3. The molecule has 3 aromatic carbocycles.